The van der Waals surface area contributed by atoms with Crippen LogP contribution in [0.2, 0.25) is 0 Å². The summed E-state index contributed by atoms with van der Waals surface area (Å²) in [7, 11) is 0. The summed E-state index contributed by atoms with van der Waals surface area (Å²) in [5.41, 5.74) is -8.64. The Labute approximate surface area is 350 Å². The number of carboxylic acid groups (broad SMARTS) is 6. The van der Waals surface area contributed by atoms with Crippen LogP contribution in [0.5, 0.6) is 0 Å². The zero-order chi connectivity index (χ0) is 44.7. The molecule has 0 aliphatic rings. The number of unbranched alkanes of at least 4 members (excludes halogenated alkanes) is 15. The molecule has 0 amide bonds. The molecule has 58 heavy (non-hydrogen) atoms. The molecule has 3 atom stereocenters. The Morgan fingerprint density at radius 3 is 0.724 bits per heavy atom. The van der Waals surface area contributed by atoms with Crippen LogP contribution in [0.1, 0.15) is 156 Å². The second-order valence-corrected chi connectivity index (χ2v) is 13.7. The average Bonchev–Trinajstić information content (AvgIpc) is 3.11. The molecule has 0 saturated heterocycles. The number of hydrogen-bond donors (Lipinski definition) is 9. The predicted octanol–water partition coefficient (Wildman–Crippen LogP) is -0.527. The summed E-state index contributed by atoms with van der Waals surface area (Å²) in [4.78, 5) is 63.7. The average molecular weight is 856 g/mol. The second-order valence-electron chi connectivity index (χ2n) is 13.7. The van der Waals surface area contributed by atoms with E-state index in [0.29, 0.717) is 19.3 Å². The molecule has 0 aromatic carbocycles. The van der Waals surface area contributed by atoms with Crippen molar-refractivity contribution in [3.8, 4) is 0 Å². The Kier molecular flexibility index (Phi) is 37.0. The molecular formula is C36H66AlN3O18. The fourth-order valence-corrected chi connectivity index (χ4v) is 5.12. The van der Waals surface area contributed by atoms with Gasteiger partial charge < -0.3 is 76.0 Å². The van der Waals surface area contributed by atoms with Crippen LogP contribution in [0.3, 0.4) is 0 Å². The van der Waals surface area contributed by atoms with Gasteiger partial charge in [0, 0.05) is 19.6 Å². The Balaban J connectivity index is -0.000000374. The van der Waals surface area contributed by atoms with E-state index in [9.17, 15) is 75.0 Å². The molecule has 0 aromatic heterocycles. The number of aliphatic carboxylic acids is 6. The normalized spacial score (nSPS) is 14.1. The molecule has 0 unspecified atom stereocenters. The van der Waals surface area contributed by atoms with Gasteiger partial charge >= 0.3 is 35.3 Å². The van der Waals surface area contributed by atoms with Crippen molar-refractivity contribution in [3.05, 3.63) is 0 Å². The maximum atomic E-state index is 10.7. The van der Waals surface area contributed by atoms with Crippen molar-refractivity contribution in [1.29, 1.82) is 0 Å². The molecule has 0 aliphatic heterocycles. The molecule has 0 spiro atoms. The van der Waals surface area contributed by atoms with E-state index in [4.69, 9.17) is 15.3 Å². The fraction of sp³-hybridized carbons (Fsp3) is 0.833. The number of hydrogen-bond acceptors (Lipinski definition) is 18. The molecule has 0 radical (unpaired) electrons. The van der Waals surface area contributed by atoms with E-state index >= 15 is 0 Å². The molecule has 336 valence electrons. The van der Waals surface area contributed by atoms with E-state index in [2.05, 4.69) is 20.8 Å². The molecule has 0 heterocycles. The van der Waals surface area contributed by atoms with Crippen LogP contribution in [0, 0.1) is 0 Å². The summed E-state index contributed by atoms with van der Waals surface area (Å²) in [6.07, 6.45) is 13.0. The summed E-state index contributed by atoms with van der Waals surface area (Å²) < 4.78 is 0. The van der Waals surface area contributed by atoms with E-state index < -0.39 is 72.3 Å². The van der Waals surface area contributed by atoms with E-state index in [0.717, 1.165) is 96.3 Å². The largest absolute Gasteiger partial charge is 3.00 e. The van der Waals surface area contributed by atoms with Crippen molar-refractivity contribution in [1.82, 2.24) is 15.2 Å². The van der Waals surface area contributed by atoms with Crippen LogP contribution < -0.4 is 15.3 Å². The molecule has 0 saturated carbocycles. The van der Waals surface area contributed by atoms with Gasteiger partial charge in [0.15, 0.2) is 17.2 Å². The SMILES string of the molecule is CCCCCCCCN(O)[C@@](O)(CC(=O)O)C(=O)[O-].CCCCCCCCN(O)[C@@](O)(CC(=O)O)C(=O)[O-].CCCCCCCCN(O)[C@@](O)(CC(=O)O)C(=O)[O-].[Al+3]. The molecule has 0 bridgehead atoms. The molecule has 0 aliphatic carbocycles. The summed E-state index contributed by atoms with van der Waals surface area (Å²) in [6.45, 7) is 5.89. The smallest absolute Gasteiger partial charge is 0.545 e. The third kappa shape index (κ3) is 27.6. The maximum Gasteiger partial charge on any atom is 3.00 e. The number of aliphatic hydroxyl groups is 3. The van der Waals surface area contributed by atoms with Gasteiger partial charge in [-0.1, -0.05) is 117 Å². The quantitative estimate of drug-likeness (QED) is 0.0173. The fourth-order valence-electron chi connectivity index (χ4n) is 5.12. The van der Waals surface area contributed by atoms with Crippen molar-refractivity contribution < 1.29 is 90.3 Å². The third-order valence-electron chi connectivity index (χ3n) is 8.63. The van der Waals surface area contributed by atoms with Gasteiger partial charge in [-0.25, -0.2) is 0 Å². The summed E-state index contributed by atoms with van der Waals surface area (Å²) in [5, 5.41) is 115. The summed E-state index contributed by atoms with van der Waals surface area (Å²) >= 11 is 0. The van der Waals surface area contributed by atoms with E-state index in [1.54, 1.807) is 0 Å². The van der Waals surface area contributed by atoms with Gasteiger partial charge in [-0.15, -0.1) is 0 Å². The first-order valence-electron chi connectivity index (χ1n) is 19.4. The number of hydroxylamine groups is 6. The van der Waals surface area contributed by atoms with Crippen LogP contribution in [0.15, 0.2) is 0 Å². The van der Waals surface area contributed by atoms with E-state index in [1.165, 1.54) is 0 Å². The van der Waals surface area contributed by atoms with Crippen molar-refractivity contribution in [2.75, 3.05) is 19.6 Å². The van der Waals surface area contributed by atoms with Gasteiger partial charge in [0.2, 0.25) is 0 Å². The predicted molar refractivity (Wildman–Crippen MR) is 198 cm³/mol. The van der Waals surface area contributed by atoms with E-state index in [1.807, 2.05) is 0 Å². The number of carbonyl (C=O) groups excluding carboxylic acids is 3. The first kappa shape index (κ1) is 61.7. The first-order chi connectivity index (χ1) is 26.5. The topological polar surface area (TPSA) is 363 Å². The third-order valence-corrected chi connectivity index (χ3v) is 8.63. The monoisotopic (exact) mass is 855 g/mol. The Hall–Kier alpha value is -3.01. The van der Waals surface area contributed by atoms with Crippen molar-refractivity contribution in [3.63, 3.8) is 0 Å². The Morgan fingerprint density at radius 2 is 0.569 bits per heavy atom. The standard InChI is InChI=1S/3C12H23NO6.Al/c3*1-2-3-4-5-6-7-8-13(19)12(18,11(16)17)9-10(14)15;/h3*18-19H,2-9H2,1H3,(H,14,15)(H,16,17);/q;;;+3/p-3/t3*12-;/m111./s1. The molecule has 22 heteroatoms. The number of carbonyl (C=O) groups is 6. The Morgan fingerprint density at radius 1 is 0.397 bits per heavy atom. The van der Waals surface area contributed by atoms with Crippen LogP contribution in [-0.2, 0) is 28.8 Å². The molecule has 0 rings (SSSR count). The number of nitrogens with zero attached hydrogens (tertiary/aromatic N) is 3. The molecule has 9 N–H and O–H groups in total. The second kappa shape index (κ2) is 34.8. The van der Waals surface area contributed by atoms with Gasteiger partial charge in [-0.2, -0.15) is 15.2 Å². The van der Waals surface area contributed by atoms with Crippen LogP contribution >= 0.6 is 0 Å². The minimum atomic E-state index is -2.88. The maximum absolute atomic E-state index is 10.7. The zero-order valence-electron chi connectivity index (χ0n) is 34.1. The van der Waals surface area contributed by atoms with Crippen molar-refractivity contribution in [2.45, 2.75) is 173 Å². The molecule has 0 fully saturated rings. The van der Waals surface area contributed by atoms with Gasteiger partial charge in [0.1, 0.15) is 0 Å². The molecular weight excluding hydrogens is 789 g/mol. The zero-order valence-corrected chi connectivity index (χ0v) is 35.2. The Bertz CT molecular complexity index is 1030. The van der Waals surface area contributed by atoms with Crippen molar-refractivity contribution >= 4 is 53.2 Å². The molecule has 0 aromatic rings. The van der Waals surface area contributed by atoms with Gasteiger partial charge in [0.05, 0.1) is 37.2 Å². The van der Waals surface area contributed by atoms with Gasteiger partial charge in [-0.3, -0.25) is 14.4 Å². The number of carboxylic acids is 6. The van der Waals surface area contributed by atoms with Crippen molar-refractivity contribution in [2.24, 2.45) is 0 Å². The van der Waals surface area contributed by atoms with E-state index in [-0.39, 0.29) is 52.2 Å². The molecule has 21 nitrogen and oxygen atoms in total. The first-order valence-corrected chi connectivity index (χ1v) is 19.4. The number of rotatable bonds is 33. The summed E-state index contributed by atoms with van der Waals surface area (Å²) in [6, 6.07) is 0. The van der Waals surface area contributed by atoms with Gasteiger partial charge in [0.25, 0.3) is 0 Å². The summed E-state index contributed by atoms with van der Waals surface area (Å²) in [5.74, 6) is -10.7. The van der Waals surface area contributed by atoms with Gasteiger partial charge in [-0.05, 0) is 19.3 Å². The minimum absolute atomic E-state index is 0. The van der Waals surface area contributed by atoms with Crippen LogP contribution in [-0.4, -0.2) is 151 Å². The minimum Gasteiger partial charge on any atom is -0.545 e. The van der Waals surface area contributed by atoms with Crippen LogP contribution in [0.25, 0.3) is 0 Å². The van der Waals surface area contributed by atoms with Crippen LogP contribution in [0.4, 0.5) is 0 Å².